The standard InChI is InChI=1S/C22H14FN3O3/c1-13-20-17(22(27)28-12-16-9-14(11-24)7-8-18(16)23)10-19(25-21(20)29-26-13)15-5-3-2-4-6-15/h2-10H,12H2,1H3. The molecule has 2 aromatic carbocycles. The van der Waals surface area contributed by atoms with Crippen LogP contribution in [0.15, 0.2) is 59.1 Å². The topological polar surface area (TPSA) is 89.0 Å². The molecule has 2 aromatic heterocycles. The Kier molecular flexibility index (Phi) is 4.75. The quantitative estimate of drug-likeness (QED) is 0.477. The predicted octanol–water partition coefficient (Wildman–Crippen LogP) is 4.57. The van der Waals surface area contributed by atoms with Gasteiger partial charge in [0.15, 0.2) is 0 Å². The molecule has 0 saturated carbocycles. The number of hydrogen-bond acceptors (Lipinski definition) is 6. The number of nitrogens with zero attached hydrogens (tertiary/aromatic N) is 3. The van der Waals surface area contributed by atoms with Crippen molar-refractivity contribution >= 4 is 17.1 Å². The zero-order chi connectivity index (χ0) is 20.4. The second-order valence-corrected chi connectivity index (χ2v) is 6.36. The van der Waals surface area contributed by atoms with Gasteiger partial charge < -0.3 is 9.26 Å². The maximum atomic E-state index is 14.0. The van der Waals surface area contributed by atoms with E-state index in [1.807, 2.05) is 36.4 Å². The molecule has 0 saturated heterocycles. The molecule has 29 heavy (non-hydrogen) atoms. The van der Waals surface area contributed by atoms with Crippen molar-refractivity contribution in [1.29, 1.82) is 5.26 Å². The highest BCUT2D eigenvalue weighted by atomic mass is 19.1. The van der Waals surface area contributed by atoms with Crippen molar-refractivity contribution in [2.45, 2.75) is 13.5 Å². The minimum atomic E-state index is -0.664. The number of ether oxygens (including phenoxy) is 1. The van der Waals surface area contributed by atoms with Crippen LogP contribution in [0.25, 0.3) is 22.4 Å². The van der Waals surface area contributed by atoms with Crippen molar-refractivity contribution in [3.8, 4) is 17.3 Å². The Hall–Kier alpha value is -4.05. The van der Waals surface area contributed by atoms with Crippen LogP contribution in [0.5, 0.6) is 0 Å². The number of carbonyl (C=O) groups is 1. The number of benzene rings is 2. The van der Waals surface area contributed by atoms with E-state index in [-0.39, 0.29) is 29.0 Å². The molecule has 7 heteroatoms. The molecule has 6 nitrogen and oxygen atoms in total. The van der Waals surface area contributed by atoms with Gasteiger partial charge in [-0.3, -0.25) is 0 Å². The van der Waals surface area contributed by atoms with Crippen LogP contribution >= 0.6 is 0 Å². The minimum absolute atomic E-state index is 0.119. The highest BCUT2D eigenvalue weighted by Crippen LogP contribution is 2.27. The van der Waals surface area contributed by atoms with Gasteiger partial charge >= 0.3 is 5.97 Å². The predicted molar refractivity (Wildman–Crippen MR) is 102 cm³/mol. The summed E-state index contributed by atoms with van der Waals surface area (Å²) in [6.07, 6.45) is 0. The van der Waals surface area contributed by atoms with Crippen molar-refractivity contribution in [3.63, 3.8) is 0 Å². The number of hydrogen-bond donors (Lipinski definition) is 0. The number of carbonyl (C=O) groups excluding carboxylic acids is 1. The van der Waals surface area contributed by atoms with Crippen molar-refractivity contribution in [2.75, 3.05) is 0 Å². The van der Waals surface area contributed by atoms with Crippen LogP contribution in [0.3, 0.4) is 0 Å². The number of fused-ring (bicyclic) bond motifs is 1. The van der Waals surface area contributed by atoms with Gasteiger partial charge in [-0.25, -0.2) is 14.2 Å². The summed E-state index contributed by atoms with van der Waals surface area (Å²) >= 11 is 0. The summed E-state index contributed by atoms with van der Waals surface area (Å²) in [5, 5.41) is 13.3. The zero-order valence-corrected chi connectivity index (χ0v) is 15.3. The van der Waals surface area contributed by atoms with E-state index in [0.717, 1.165) is 5.56 Å². The van der Waals surface area contributed by atoms with E-state index in [0.29, 0.717) is 16.8 Å². The lowest BCUT2D eigenvalue weighted by Crippen LogP contribution is -2.08. The van der Waals surface area contributed by atoms with E-state index in [9.17, 15) is 9.18 Å². The maximum absolute atomic E-state index is 14.0. The molecular formula is C22H14FN3O3. The first-order chi connectivity index (χ1) is 14.1. The number of aryl methyl sites for hydroxylation is 1. The third-order valence-electron chi connectivity index (χ3n) is 4.44. The fourth-order valence-corrected chi connectivity index (χ4v) is 2.99. The lowest BCUT2D eigenvalue weighted by molar-refractivity contribution is 0.0471. The number of rotatable bonds is 4. The normalized spacial score (nSPS) is 10.7. The third kappa shape index (κ3) is 3.56. The summed E-state index contributed by atoms with van der Waals surface area (Å²) in [6, 6.07) is 16.7. The van der Waals surface area contributed by atoms with Crippen molar-refractivity contribution in [2.24, 2.45) is 0 Å². The first-order valence-corrected chi connectivity index (χ1v) is 8.75. The largest absolute Gasteiger partial charge is 0.457 e. The molecule has 0 unspecified atom stereocenters. The number of halogens is 1. The molecule has 2 heterocycles. The van der Waals surface area contributed by atoms with E-state index >= 15 is 0 Å². The number of nitriles is 1. The van der Waals surface area contributed by atoms with Crippen LogP contribution in [0.2, 0.25) is 0 Å². The molecule has 0 N–H and O–H groups in total. The second-order valence-electron chi connectivity index (χ2n) is 6.36. The van der Waals surface area contributed by atoms with E-state index < -0.39 is 11.8 Å². The lowest BCUT2D eigenvalue weighted by atomic mass is 10.1. The highest BCUT2D eigenvalue weighted by molar-refractivity contribution is 6.04. The molecule has 0 aliphatic carbocycles. The first-order valence-electron chi connectivity index (χ1n) is 8.75. The first kappa shape index (κ1) is 18.3. The average Bonchev–Trinajstić information content (AvgIpc) is 3.13. The number of esters is 1. The molecule has 0 amide bonds. The maximum Gasteiger partial charge on any atom is 0.339 e. The molecule has 0 spiro atoms. The van der Waals surface area contributed by atoms with Crippen LogP contribution < -0.4 is 0 Å². The molecule has 0 aliphatic heterocycles. The molecule has 4 rings (SSSR count). The average molecular weight is 387 g/mol. The van der Waals surface area contributed by atoms with Gasteiger partial charge in [-0.1, -0.05) is 35.5 Å². The minimum Gasteiger partial charge on any atom is -0.457 e. The second kappa shape index (κ2) is 7.52. The summed E-state index contributed by atoms with van der Waals surface area (Å²) in [4.78, 5) is 17.3. The molecule has 0 radical (unpaired) electrons. The smallest absolute Gasteiger partial charge is 0.339 e. The molecule has 0 atom stereocenters. The van der Waals surface area contributed by atoms with E-state index in [2.05, 4.69) is 10.1 Å². The Morgan fingerprint density at radius 2 is 2.00 bits per heavy atom. The number of aromatic nitrogens is 2. The van der Waals surface area contributed by atoms with Crippen LogP contribution in [0.4, 0.5) is 4.39 Å². The summed E-state index contributed by atoms with van der Waals surface area (Å²) in [5.74, 6) is -1.22. The Balaban J connectivity index is 1.70. The van der Waals surface area contributed by atoms with Gasteiger partial charge in [-0.05, 0) is 31.2 Å². The third-order valence-corrected chi connectivity index (χ3v) is 4.44. The van der Waals surface area contributed by atoms with Gasteiger partial charge in [-0.15, -0.1) is 0 Å². The van der Waals surface area contributed by atoms with E-state index in [1.54, 1.807) is 13.0 Å². The SMILES string of the molecule is Cc1noc2nc(-c3ccccc3)cc(C(=O)OCc3cc(C#N)ccc3F)c12. The van der Waals surface area contributed by atoms with Crippen LogP contribution in [0.1, 0.15) is 27.2 Å². The van der Waals surface area contributed by atoms with Crippen LogP contribution in [0, 0.1) is 24.1 Å². The fraction of sp³-hybridized carbons (Fsp3) is 0.0909. The Labute approximate surface area is 165 Å². The van der Waals surface area contributed by atoms with Gasteiger partial charge in [0.25, 0.3) is 5.71 Å². The Morgan fingerprint density at radius 1 is 1.21 bits per heavy atom. The fourth-order valence-electron chi connectivity index (χ4n) is 2.99. The van der Waals surface area contributed by atoms with Gasteiger partial charge in [0.1, 0.15) is 12.4 Å². The van der Waals surface area contributed by atoms with Crippen molar-refractivity contribution in [1.82, 2.24) is 10.1 Å². The monoisotopic (exact) mass is 387 g/mol. The van der Waals surface area contributed by atoms with Crippen molar-refractivity contribution < 1.29 is 18.4 Å². The Morgan fingerprint density at radius 3 is 2.76 bits per heavy atom. The molecule has 0 aliphatic rings. The molecule has 0 fully saturated rings. The molecule has 142 valence electrons. The van der Waals surface area contributed by atoms with Gasteiger partial charge in [0.2, 0.25) is 0 Å². The van der Waals surface area contributed by atoms with Crippen molar-refractivity contribution in [3.05, 3.63) is 82.8 Å². The Bertz CT molecular complexity index is 1260. The summed E-state index contributed by atoms with van der Waals surface area (Å²) in [7, 11) is 0. The summed E-state index contributed by atoms with van der Waals surface area (Å²) in [6.45, 7) is 1.39. The van der Waals surface area contributed by atoms with Gasteiger partial charge in [0, 0.05) is 11.1 Å². The zero-order valence-electron chi connectivity index (χ0n) is 15.3. The number of pyridine rings is 1. The highest BCUT2D eigenvalue weighted by Gasteiger charge is 2.21. The van der Waals surface area contributed by atoms with E-state index in [1.165, 1.54) is 18.2 Å². The summed E-state index contributed by atoms with van der Waals surface area (Å²) < 4.78 is 24.6. The van der Waals surface area contributed by atoms with E-state index in [4.69, 9.17) is 14.5 Å². The summed E-state index contributed by atoms with van der Waals surface area (Å²) in [5.41, 5.74) is 2.66. The van der Waals surface area contributed by atoms with Gasteiger partial charge in [-0.2, -0.15) is 5.26 Å². The van der Waals surface area contributed by atoms with Crippen LogP contribution in [-0.4, -0.2) is 16.1 Å². The van der Waals surface area contributed by atoms with Crippen LogP contribution in [-0.2, 0) is 11.3 Å². The molecule has 4 aromatic rings. The molecular weight excluding hydrogens is 373 g/mol. The van der Waals surface area contributed by atoms with Gasteiger partial charge in [0.05, 0.1) is 34.0 Å². The molecule has 0 bridgehead atoms. The lowest BCUT2D eigenvalue weighted by Gasteiger charge is -2.09.